The molecule has 1 heterocycles. The molecule has 0 bridgehead atoms. The lowest BCUT2D eigenvalue weighted by molar-refractivity contribution is -0.137. The number of amides is 1. The van der Waals surface area contributed by atoms with Crippen LogP contribution < -0.4 is 11.2 Å². The molecule has 1 amide bonds. The minimum absolute atomic E-state index is 0.250. The molecule has 0 aliphatic carbocycles. The molecule has 1 rings (SSSR count). The van der Waals surface area contributed by atoms with E-state index in [4.69, 9.17) is 11.5 Å². The molecule has 0 saturated carbocycles. The Bertz CT molecular complexity index is 593. The Kier molecular flexibility index (Phi) is 4.04. The van der Waals surface area contributed by atoms with Crippen LogP contribution in [0.15, 0.2) is 15.7 Å². The lowest BCUT2D eigenvalue weighted by Gasteiger charge is -2.17. The Morgan fingerprint density at radius 3 is 2.56 bits per heavy atom. The summed E-state index contributed by atoms with van der Waals surface area (Å²) in [6.45, 7) is -0.877. The van der Waals surface area contributed by atoms with Crippen LogP contribution in [0.25, 0.3) is 0 Å². The van der Waals surface area contributed by atoms with Gasteiger partial charge in [0.1, 0.15) is 12.2 Å². The van der Waals surface area contributed by atoms with Crippen LogP contribution in [0.3, 0.4) is 0 Å². The summed E-state index contributed by atoms with van der Waals surface area (Å²) in [6, 6.07) is 0.856. The van der Waals surface area contributed by atoms with Crippen LogP contribution >= 0.6 is 0 Å². The van der Waals surface area contributed by atoms with Crippen LogP contribution in [0.2, 0.25) is 0 Å². The smallest absolute Gasteiger partial charge is 0.326 e. The Labute approximate surface area is 100 Å². The van der Waals surface area contributed by atoms with Crippen molar-refractivity contribution in [3.63, 3.8) is 0 Å². The molecule has 0 spiro atoms. The molecule has 0 fully saturated rings. The Hall–Kier alpha value is -2.82. The lowest BCUT2D eigenvalue weighted by atomic mass is 10.3. The van der Waals surface area contributed by atoms with Crippen LogP contribution in [0.5, 0.6) is 0 Å². The molecule has 1 aromatic rings. The van der Waals surface area contributed by atoms with Crippen LogP contribution in [-0.4, -0.2) is 44.9 Å². The van der Waals surface area contributed by atoms with Gasteiger partial charge in [-0.3, -0.25) is 19.4 Å². The van der Waals surface area contributed by atoms with E-state index in [0.29, 0.717) is 0 Å². The van der Waals surface area contributed by atoms with Crippen molar-refractivity contribution in [1.82, 2.24) is 14.9 Å². The molecule has 0 radical (unpaired) electrons. The van der Waals surface area contributed by atoms with E-state index in [0.717, 1.165) is 11.0 Å². The highest BCUT2D eigenvalue weighted by Crippen LogP contribution is 1.97. The van der Waals surface area contributed by atoms with Gasteiger partial charge in [0.05, 0.1) is 6.54 Å². The van der Waals surface area contributed by atoms with Crippen molar-refractivity contribution in [2.75, 3.05) is 13.1 Å². The first-order valence-corrected chi connectivity index (χ1v) is 4.72. The third-order valence-electron chi connectivity index (χ3n) is 1.89. The average Bonchev–Trinajstić information content (AvgIpc) is 2.25. The van der Waals surface area contributed by atoms with Gasteiger partial charge in [-0.05, 0) is 0 Å². The average molecular weight is 251 g/mol. The molecule has 0 aliphatic heterocycles. The molecule has 8 nitrogen and oxygen atoms in total. The first-order valence-electron chi connectivity index (χ1n) is 4.72. The molecule has 0 saturated heterocycles. The second kappa shape index (κ2) is 5.49. The number of carboxylic acid groups (broad SMARTS) is 1. The van der Waals surface area contributed by atoms with Crippen LogP contribution in [0, 0.1) is 12.3 Å². The predicted molar refractivity (Wildman–Crippen MR) is 60.1 cm³/mol. The summed E-state index contributed by atoms with van der Waals surface area (Å²) in [7, 11) is 0. The van der Waals surface area contributed by atoms with E-state index in [1.807, 2.05) is 4.98 Å². The second-order valence-electron chi connectivity index (χ2n) is 3.26. The Morgan fingerprint density at radius 1 is 1.39 bits per heavy atom. The molecule has 0 unspecified atom stereocenters. The maximum absolute atomic E-state index is 11.8. The van der Waals surface area contributed by atoms with Gasteiger partial charge in [0.15, 0.2) is 0 Å². The van der Waals surface area contributed by atoms with Gasteiger partial charge in [-0.1, -0.05) is 5.92 Å². The zero-order valence-electron chi connectivity index (χ0n) is 9.10. The topological polar surface area (TPSA) is 123 Å². The Morgan fingerprint density at radius 2 is 2.06 bits per heavy atom. The summed E-state index contributed by atoms with van der Waals surface area (Å²) in [5, 5.41) is 8.61. The molecule has 0 atom stereocenters. The van der Waals surface area contributed by atoms with Crippen molar-refractivity contribution >= 4 is 11.9 Å². The number of nitrogens with zero attached hydrogens (tertiary/aromatic N) is 1. The SMILES string of the molecule is C#CCN(CC(=O)O)C(=O)c1cc(=O)[nH]c(=O)[nH]1. The number of hydrogen-bond donors (Lipinski definition) is 3. The standard InChI is InChI=1S/C10H9N3O5/c1-2-3-13(5-8(15)16)9(17)6-4-7(14)12-10(18)11-6/h1,4H,3,5H2,(H,15,16)(H2,11,12,14,18). The van der Waals surface area contributed by atoms with Crippen LogP contribution in [0.4, 0.5) is 0 Å². The largest absolute Gasteiger partial charge is 0.480 e. The summed E-state index contributed by atoms with van der Waals surface area (Å²) in [6.07, 6.45) is 5.00. The number of carboxylic acids is 1. The van der Waals surface area contributed by atoms with E-state index in [1.54, 1.807) is 0 Å². The number of H-pyrrole nitrogens is 2. The highest BCUT2D eigenvalue weighted by atomic mass is 16.4. The van der Waals surface area contributed by atoms with E-state index < -0.39 is 29.7 Å². The van der Waals surface area contributed by atoms with E-state index in [1.165, 1.54) is 0 Å². The van der Waals surface area contributed by atoms with Gasteiger partial charge in [0.2, 0.25) is 0 Å². The normalized spacial score (nSPS) is 9.50. The lowest BCUT2D eigenvalue weighted by Crippen LogP contribution is -2.38. The fraction of sp³-hybridized carbons (Fsp3) is 0.200. The van der Waals surface area contributed by atoms with Gasteiger partial charge in [-0.25, -0.2) is 4.79 Å². The molecular weight excluding hydrogens is 242 g/mol. The number of rotatable bonds is 4. The summed E-state index contributed by atoms with van der Waals surface area (Å²) in [5.41, 5.74) is -1.94. The number of aromatic amines is 2. The monoisotopic (exact) mass is 251 g/mol. The minimum Gasteiger partial charge on any atom is -0.480 e. The molecular formula is C10H9N3O5. The van der Waals surface area contributed by atoms with Gasteiger partial charge < -0.3 is 15.0 Å². The number of carbonyl (C=O) groups excluding carboxylic acids is 1. The highest BCUT2D eigenvalue weighted by molar-refractivity contribution is 5.94. The van der Waals surface area contributed by atoms with Crippen molar-refractivity contribution in [2.24, 2.45) is 0 Å². The number of hydrogen-bond acceptors (Lipinski definition) is 4. The predicted octanol–water partition coefficient (Wildman–Crippen LogP) is -1.78. The molecule has 0 aromatic carbocycles. The number of carbonyl (C=O) groups is 2. The number of aromatic nitrogens is 2. The summed E-state index contributed by atoms with van der Waals surface area (Å²) in [5.74, 6) is 0.0237. The van der Waals surface area contributed by atoms with Gasteiger partial charge >= 0.3 is 11.7 Å². The zero-order chi connectivity index (χ0) is 13.7. The van der Waals surface area contributed by atoms with Gasteiger partial charge in [-0.2, -0.15) is 0 Å². The summed E-state index contributed by atoms with van der Waals surface area (Å²) in [4.78, 5) is 49.2. The minimum atomic E-state index is -1.26. The fourth-order valence-corrected chi connectivity index (χ4v) is 1.23. The molecule has 94 valence electrons. The first-order chi connectivity index (χ1) is 8.43. The van der Waals surface area contributed by atoms with E-state index >= 15 is 0 Å². The van der Waals surface area contributed by atoms with Crippen molar-refractivity contribution in [2.45, 2.75) is 0 Å². The van der Waals surface area contributed by atoms with Gasteiger partial charge in [0, 0.05) is 6.07 Å². The van der Waals surface area contributed by atoms with Crippen LogP contribution in [0.1, 0.15) is 10.5 Å². The van der Waals surface area contributed by atoms with Gasteiger partial charge in [-0.15, -0.1) is 6.42 Å². The molecule has 3 N–H and O–H groups in total. The van der Waals surface area contributed by atoms with Crippen molar-refractivity contribution in [3.05, 3.63) is 32.6 Å². The molecule has 1 aromatic heterocycles. The third-order valence-corrected chi connectivity index (χ3v) is 1.89. The second-order valence-corrected chi connectivity index (χ2v) is 3.26. The molecule has 0 aliphatic rings. The maximum atomic E-state index is 11.8. The fourth-order valence-electron chi connectivity index (χ4n) is 1.23. The van der Waals surface area contributed by atoms with E-state index in [-0.39, 0.29) is 12.2 Å². The number of terminal acetylenes is 1. The van der Waals surface area contributed by atoms with Crippen molar-refractivity contribution in [3.8, 4) is 12.3 Å². The van der Waals surface area contributed by atoms with Crippen molar-refractivity contribution in [1.29, 1.82) is 0 Å². The van der Waals surface area contributed by atoms with Crippen LogP contribution in [-0.2, 0) is 4.79 Å². The van der Waals surface area contributed by atoms with Gasteiger partial charge in [0.25, 0.3) is 11.5 Å². The maximum Gasteiger partial charge on any atom is 0.326 e. The number of nitrogens with one attached hydrogen (secondary N) is 2. The quantitative estimate of drug-likeness (QED) is 0.546. The van der Waals surface area contributed by atoms with Crippen molar-refractivity contribution < 1.29 is 14.7 Å². The highest BCUT2D eigenvalue weighted by Gasteiger charge is 2.18. The third kappa shape index (κ3) is 3.34. The first kappa shape index (κ1) is 13.2. The number of aliphatic carboxylic acids is 1. The summed E-state index contributed by atoms with van der Waals surface area (Å²) < 4.78 is 0. The Balaban J connectivity index is 3.09. The zero-order valence-corrected chi connectivity index (χ0v) is 9.10. The van der Waals surface area contributed by atoms with E-state index in [9.17, 15) is 19.2 Å². The van der Waals surface area contributed by atoms with E-state index in [2.05, 4.69) is 10.9 Å². The molecule has 18 heavy (non-hydrogen) atoms. The summed E-state index contributed by atoms with van der Waals surface area (Å²) >= 11 is 0. The molecule has 8 heteroatoms.